The predicted molar refractivity (Wildman–Crippen MR) is 125 cm³/mol. The molecule has 2 heterocycles. The maximum Gasteiger partial charge on any atom is 0.359 e. The van der Waals surface area contributed by atoms with Crippen LogP contribution in [0.4, 0.5) is 5.69 Å². The van der Waals surface area contributed by atoms with Gasteiger partial charge in [0.1, 0.15) is 0 Å². The van der Waals surface area contributed by atoms with Gasteiger partial charge in [0, 0.05) is 22.1 Å². The molecule has 0 N–H and O–H groups in total. The van der Waals surface area contributed by atoms with Gasteiger partial charge < -0.3 is 9.64 Å². The number of amides is 1. The number of rotatable bonds is 4. The van der Waals surface area contributed by atoms with Gasteiger partial charge in [0.05, 0.1) is 17.1 Å². The van der Waals surface area contributed by atoms with Gasteiger partial charge in [0.2, 0.25) is 0 Å². The van der Waals surface area contributed by atoms with E-state index in [4.69, 9.17) is 4.74 Å². The molecule has 166 valence electrons. The molecule has 1 aromatic heterocycles. The van der Waals surface area contributed by atoms with Gasteiger partial charge in [-0.15, -0.1) is 11.8 Å². The fourth-order valence-electron chi connectivity index (χ4n) is 3.73. The Bertz CT molecular complexity index is 1240. The molecule has 0 spiro atoms. The number of esters is 1. The first-order chi connectivity index (χ1) is 15.4. The molecule has 3 aromatic rings. The van der Waals surface area contributed by atoms with Gasteiger partial charge in [-0.3, -0.25) is 9.59 Å². The number of hydrogen-bond donors (Lipinski definition) is 0. The Labute approximate surface area is 190 Å². The van der Waals surface area contributed by atoms with E-state index in [1.165, 1.54) is 4.68 Å². The molecule has 7 nitrogen and oxygen atoms in total. The van der Waals surface area contributed by atoms with E-state index in [2.05, 4.69) is 12.0 Å². The van der Waals surface area contributed by atoms with Crippen molar-refractivity contribution in [3.63, 3.8) is 0 Å². The van der Waals surface area contributed by atoms with E-state index < -0.39 is 12.6 Å². The topological polar surface area (TPSA) is 81.5 Å². The van der Waals surface area contributed by atoms with Gasteiger partial charge in [-0.25, -0.2) is 9.48 Å². The number of benzene rings is 2. The highest BCUT2D eigenvalue weighted by atomic mass is 32.2. The number of thioether (sulfide) groups is 1. The number of fused-ring (bicyclic) bond motifs is 2. The summed E-state index contributed by atoms with van der Waals surface area (Å²) in [5.41, 5.74) is 0.595. The monoisotopic (exact) mass is 451 g/mol. The van der Waals surface area contributed by atoms with Crippen molar-refractivity contribution in [2.45, 2.75) is 43.4 Å². The summed E-state index contributed by atoms with van der Waals surface area (Å²) >= 11 is 1.74. The molecule has 0 radical (unpaired) electrons. The summed E-state index contributed by atoms with van der Waals surface area (Å²) in [6.07, 6.45) is 0.838. The van der Waals surface area contributed by atoms with E-state index >= 15 is 0 Å². The van der Waals surface area contributed by atoms with E-state index in [0.29, 0.717) is 22.6 Å². The molecule has 1 aliphatic heterocycles. The minimum absolute atomic E-state index is 0.0298. The summed E-state index contributed by atoms with van der Waals surface area (Å²) in [7, 11) is 0. The summed E-state index contributed by atoms with van der Waals surface area (Å²) in [4.78, 5) is 41.3. The van der Waals surface area contributed by atoms with Crippen LogP contribution in [0.5, 0.6) is 0 Å². The number of aromatic nitrogens is 2. The summed E-state index contributed by atoms with van der Waals surface area (Å²) in [5, 5.41) is 5.44. The summed E-state index contributed by atoms with van der Waals surface area (Å²) in [6.45, 7) is 5.93. The van der Waals surface area contributed by atoms with E-state index in [9.17, 15) is 14.4 Å². The molecule has 8 heteroatoms. The lowest BCUT2D eigenvalue weighted by Crippen LogP contribution is -2.36. The molecule has 0 saturated carbocycles. The SMILES string of the molecule is CC1CCN(C(=O)COC(=O)c2nn(C(C)C)c(=O)c3ccccc23)c2ccccc2S1. The normalized spacial score (nSPS) is 16.0. The Kier molecular flexibility index (Phi) is 6.32. The molecule has 1 amide bonds. The number of carbonyl (C=O) groups excluding carboxylic acids is 2. The summed E-state index contributed by atoms with van der Waals surface area (Å²) < 4.78 is 6.66. The Morgan fingerprint density at radius 1 is 1.12 bits per heavy atom. The molecule has 1 unspecified atom stereocenters. The molecule has 0 aliphatic carbocycles. The Morgan fingerprint density at radius 2 is 1.81 bits per heavy atom. The lowest BCUT2D eigenvalue weighted by atomic mass is 10.1. The Hall–Kier alpha value is -3.13. The van der Waals surface area contributed by atoms with Crippen molar-refractivity contribution >= 4 is 40.1 Å². The van der Waals surface area contributed by atoms with Crippen molar-refractivity contribution < 1.29 is 14.3 Å². The van der Waals surface area contributed by atoms with Gasteiger partial charge in [0.25, 0.3) is 11.5 Å². The Balaban J connectivity index is 1.58. The first kappa shape index (κ1) is 22.1. The van der Waals surface area contributed by atoms with Crippen LogP contribution in [0.25, 0.3) is 10.8 Å². The number of anilines is 1. The van der Waals surface area contributed by atoms with Gasteiger partial charge in [-0.05, 0) is 38.5 Å². The molecule has 32 heavy (non-hydrogen) atoms. The van der Waals surface area contributed by atoms with Crippen molar-refractivity contribution in [1.82, 2.24) is 9.78 Å². The fourth-order valence-corrected chi connectivity index (χ4v) is 4.84. The third-order valence-corrected chi connectivity index (χ3v) is 6.62. The zero-order valence-corrected chi connectivity index (χ0v) is 19.1. The Morgan fingerprint density at radius 3 is 2.56 bits per heavy atom. The molecule has 0 fully saturated rings. The highest BCUT2D eigenvalue weighted by Gasteiger charge is 2.26. The van der Waals surface area contributed by atoms with Crippen molar-refractivity contribution in [1.29, 1.82) is 0 Å². The standard InChI is InChI=1S/C24H25N3O4S/c1-15(2)27-23(29)18-9-5-4-8-17(18)22(25-27)24(30)31-14-21(28)26-13-12-16(3)32-20-11-7-6-10-19(20)26/h4-11,15-16H,12-14H2,1-3H3. The molecular formula is C24H25N3O4S. The maximum absolute atomic E-state index is 13.0. The van der Waals surface area contributed by atoms with Gasteiger partial charge in [-0.1, -0.05) is 37.3 Å². The smallest absolute Gasteiger partial charge is 0.359 e. The highest BCUT2D eigenvalue weighted by molar-refractivity contribution is 8.00. The summed E-state index contributed by atoms with van der Waals surface area (Å²) in [6, 6.07) is 14.3. The van der Waals surface area contributed by atoms with Crippen LogP contribution in [0.1, 0.15) is 43.7 Å². The van der Waals surface area contributed by atoms with Crippen molar-refractivity contribution in [2.75, 3.05) is 18.1 Å². The van der Waals surface area contributed by atoms with Gasteiger partial charge >= 0.3 is 5.97 Å². The molecule has 1 atom stereocenters. The zero-order valence-electron chi connectivity index (χ0n) is 18.3. The largest absolute Gasteiger partial charge is 0.451 e. The number of nitrogens with zero attached hydrogens (tertiary/aromatic N) is 3. The quantitative estimate of drug-likeness (QED) is 0.557. The van der Waals surface area contributed by atoms with Crippen LogP contribution in [-0.2, 0) is 9.53 Å². The average molecular weight is 452 g/mol. The second-order valence-corrected chi connectivity index (χ2v) is 9.52. The molecule has 2 aromatic carbocycles. The third kappa shape index (κ3) is 4.27. The van der Waals surface area contributed by atoms with E-state index in [0.717, 1.165) is 17.0 Å². The third-order valence-electron chi connectivity index (χ3n) is 5.38. The van der Waals surface area contributed by atoms with E-state index in [-0.39, 0.29) is 23.2 Å². The number of hydrogen-bond acceptors (Lipinski definition) is 6. The van der Waals surface area contributed by atoms with Crippen LogP contribution < -0.4 is 10.5 Å². The second-order valence-electron chi connectivity index (χ2n) is 8.04. The van der Waals surface area contributed by atoms with E-state index in [1.807, 2.05) is 38.1 Å². The minimum Gasteiger partial charge on any atom is -0.451 e. The number of carbonyl (C=O) groups is 2. The first-order valence-corrected chi connectivity index (χ1v) is 11.5. The lowest BCUT2D eigenvalue weighted by molar-refractivity contribution is -0.121. The molecule has 1 aliphatic rings. The van der Waals surface area contributed by atoms with Crippen molar-refractivity contribution in [3.05, 3.63) is 64.6 Å². The number of ether oxygens (including phenoxy) is 1. The van der Waals surface area contributed by atoms with Gasteiger partial charge in [0.15, 0.2) is 12.3 Å². The van der Waals surface area contributed by atoms with Crippen LogP contribution >= 0.6 is 11.8 Å². The number of para-hydroxylation sites is 1. The van der Waals surface area contributed by atoms with Crippen LogP contribution in [0.3, 0.4) is 0 Å². The van der Waals surface area contributed by atoms with Crippen molar-refractivity contribution in [3.8, 4) is 0 Å². The van der Waals surface area contributed by atoms with Crippen LogP contribution in [0.15, 0.2) is 58.2 Å². The first-order valence-electron chi connectivity index (χ1n) is 10.6. The van der Waals surface area contributed by atoms with Crippen LogP contribution in [-0.4, -0.2) is 40.1 Å². The molecule has 0 saturated heterocycles. The predicted octanol–water partition coefficient (Wildman–Crippen LogP) is 4.05. The molecular weight excluding hydrogens is 426 g/mol. The fraction of sp³-hybridized carbons (Fsp3) is 0.333. The van der Waals surface area contributed by atoms with Gasteiger partial charge in [-0.2, -0.15) is 5.10 Å². The maximum atomic E-state index is 13.0. The van der Waals surface area contributed by atoms with E-state index in [1.54, 1.807) is 40.9 Å². The second kappa shape index (κ2) is 9.16. The minimum atomic E-state index is -0.727. The average Bonchev–Trinajstić information content (AvgIpc) is 2.95. The van der Waals surface area contributed by atoms with Crippen LogP contribution in [0.2, 0.25) is 0 Å². The molecule has 0 bridgehead atoms. The summed E-state index contributed by atoms with van der Waals surface area (Å²) in [5.74, 6) is -1.02. The van der Waals surface area contributed by atoms with Crippen molar-refractivity contribution in [2.24, 2.45) is 0 Å². The van der Waals surface area contributed by atoms with Crippen LogP contribution in [0, 0.1) is 0 Å². The molecule has 4 rings (SSSR count). The zero-order chi connectivity index (χ0) is 22.8. The highest BCUT2D eigenvalue weighted by Crippen LogP contribution is 2.37. The lowest BCUT2D eigenvalue weighted by Gasteiger charge is -2.22.